The van der Waals surface area contributed by atoms with Gasteiger partial charge in [0, 0.05) is 0 Å². The van der Waals surface area contributed by atoms with Crippen molar-refractivity contribution >= 4 is 52.0 Å². The minimum atomic E-state index is -2.80. The summed E-state index contributed by atoms with van der Waals surface area (Å²) in [5, 5.41) is 1.01. The first-order chi connectivity index (χ1) is 7.99. The van der Waals surface area contributed by atoms with Crippen LogP contribution in [0.4, 0.5) is 0 Å². The highest BCUT2D eigenvalue weighted by molar-refractivity contribution is 7.69. The Kier molecular flexibility index (Phi) is 6.15. The molecule has 0 aliphatic carbocycles. The molecule has 0 bridgehead atoms. The first-order valence-corrected chi connectivity index (χ1v) is 10.9. The summed E-state index contributed by atoms with van der Waals surface area (Å²) in [6.45, 7) is 4.64. The van der Waals surface area contributed by atoms with Gasteiger partial charge in [-0.05, 0) is 5.56 Å². The molecule has 1 aromatic carbocycles. The summed E-state index contributed by atoms with van der Waals surface area (Å²) in [6.07, 6.45) is 4.07. The standard InChI is InChI=1S/C12H16BCl3Si/c1-3-13(4-2)12(17(14,15)16)10-11-8-6-5-7-9-11/h5-10H,3-4H2,1-2H3/b12-10-. The molecule has 0 saturated heterocycles. The third-order valence-corrected chi connectivity index (χ3v) is 6.05. The van der Waals surface area contributed by atoms with Gasteiger partial charge in [0.15, 0.2) is 6.71 Å². The van der Waals surface area contributed by atoms with Crippen molar-refractivity contribution in [2.75, 3.05) is 0 Å². The van der Waals surface area contributed by atoms with Crippen LogP contribution in [0.5, 0.6) is 0 Å². The van der Waals surface area contributed by atoms with Crippen molar-refractivity contribution in [1.82, 2.24) is 0 Å². The molecule has 0 aliphatic heterocycles. The number of rotatable bonds is 5. The maximum absolute atomic E-state index is 6.20. The molecule has 1 rings (SSSR count). The first-order valence-electron chi connectivity index (χ1n) is 5.82. The highest BCUT2D eigenvalue weighted by Crippen LogP contribution is 2.34. The van der Waals surface area contributed by atoms with Crippen LogP contribution in [0, 0.1) is 0 Å². The van der Waals surface area contributed by atoms with E-state index in [4.69, 9.17) is 33.2 Å². The second-order valence-corrected chi connectivity index (χ2v) is 12.4. The average Bonchev–Trinajstić information content (AvgIpc) is 2.29. The molecular formula is C12H16BCl3Si. The fourth-order valence-electron chi connectivity index (χ4n) is 1.89. The Hall–Kier alpha value is 0.112. The van der Waals surface area contributed by atoms with Gasteiger partial charge in [-0.25, -0.2) is 0 Å². The summed E-state index contributed by atoms with van der Waals surface area (Å²) in [6, 6.07) is 7.25. The monoisotopic (exact) mass is 304 g/mol. The molecule has 0 radical (unpaired) electrons. The lowest BCUT2D eigenvalue weighted by Gasteiger charge is -2.19. The molecule has 1 aromatic rings. The summed E-state index contributed by atoms with van der Waals surface area (Å²) in [5.74, 6) is 0. The van der Waals surface area contributed by atoms with E-state index >= 15 is 0 Å². The molecule has 0 heterocycles. The Morgan fingerprint density at radius 2 is 1.65 bits per heavy atom. The van der Waals surface area contributed by atoms with E-state index in [1.165, 1.54) is 0 Å². The van der Waals surface area contributed by atoms with Crippen LogP contribution < -0.4 is 0 Å². The van der Waals surface area contributed by atoms with Gasteiger partial charge < -0.3 is 0 Å². The molecule has 0 unspecified atom stereocenters. The molecule has 0 nitrogen and oxygen atoms in total. The summed E-state index contributed by atoms with van der Waals surface area (Å²) >= 11 is 18.6. The van der Waals surface area contributed by atoms with Gasteiger partial charge in [0.25, 0.3) is 0 Å². The van der Waals surface area contributed by atoms with E-state index in [-0.39, 0.29) is 0 Å². The van der Waals surface area contributed by atoms with Crippen molar-refractivity contribution in [2.45, 2.75) is 26.5 Å². The fourth-order valence-corrected chi connectivity index (χ4v) is 4.97. The largest absolute Gasteiger partial charge is 0.360 e. The molecule has 0 aliphatic rings. The molecule has 5 heteroatoms. The van der Waals surface area contributed by atoms with Crippen LogP contribution in [0.25, 0.3) is 6.08 Å². The second-order valence-electron chi connectivity index (χ2n) is 4.02. The van der Waals surface area contributed by atoms with E-state index in [1.807, 2.05) is 30.3 Å². The lowest BCUT2D eigenvalue weighted by Crippen LogP contribution is -2.28. The van der Waals surface area contributed by atoms with Gasteiger partial charge in [-0.3, -0.25) is 0 Å². The van der Waals surface area contributed by atoms with E-state index in [1.54, 1.807) is 0 Å². The zero-order valence-electron chi connectivity index (χ0n) is 10.1. The number of hydrogen-bond acceptors (Lipinski definition) is 0. The van der Waals surface area contributed by atoms with Crippen LogP contribution >= 0.6 is 33.2 Å². The zero-order valence-corrected chi connectivity index (χ0v) is 13.4. The van der Waals surface area contributed by atoms with E-state index in [0.717, 1.165) is 23.3 Å². The summed E-state index contributed by atoms with van der Waals surface area (Å²) < 4.78 is 0. The average molecular weight is 306 g/mol. The maximum Gasteiger partial charge on any atom is 0.360 e. The Morgan fingerprint density at radius 3 is 2.06 bits per heavy atom. The third kappa shape index (κ3) is 4.71. The maximum atomic E-state index is 6.20. The topological polar surface area (TPSA) is 0 Å². The first kappa shape index (κ1) is 15.2. The van der Waals surface area contributed by atoms with Crippen LogP contribution in [0.1, 0.15) is 19.4 Å². The number of halogens is 3. The van der Waals surface area contributed by atoms with Crippen LogP contribution in [0.15, 0.2) is 35.4 Å². The van der Waals surface area contributed by atoms with Crippen LogP contribution in [0.2, 0.25) is 12.6 Å². The molecule has 0 amide bonds. The minimum absolute atomic E-state index is 0.370. The van der Waals surface area contributed by atoms with Crippen LogP contribution in [-0.4, -0.2) is 12.7 Å². The molecule has 17 heavy (non-hydrogen) atoms. The van der Waals surface area contributed by atoms with E-state index < -0.39 is 6.00 Å². The van der Waals surface area contributed by atoms with Crippen molar-refractivity contribution in [1.29, 1.82) is 0 Å². The molecule has 0 N–H and O–H groups in total. The smallest absolute Gasteiger partial charge is 0.122 e. The summed E-state index contributed by atoms with van der Waals surface area (Å²) in [5.41, 5.74) is 1.10. The molecule has 92 valence electrons. The van der Waals surface area contributed by atoms with Crippen molar-refractivity contribution in [3.05, 3.63) is 41.0 Å². The Balaban J connectivity index is 3.11. The normalized spacial score (nSPS) is 12.6. The van der Waals surface area contributed by atoms with E-state index in [9.17, 15) is 0 Å². The van der Waals surface area contributed by atoms with Gasteiger partial charge in [-0.15, -0.1) is 33.2 Å². The zero-order chi connectivity index (χ0) is 12.9. The van der Waals surface area contributed by atoms with Gasteiger partial charge in [0.05, 0.1) is 0 Å². The molecule has 0 atom stereocenters. The number of benzene rings is 1. The van der Waals surface area contributed by atoms with Crippen molar-refractivity contribution in [3.63, 3.8) is 0 Å². The van der Waals surface area contributed by atoms with E-state index in [2.05, 4.69) is 19.9 Å². The quantitative estimate of drug-likeness (QED) is 0.509. The van der Waals surface area contributed by atoms with Gasteiger partial charge in [0.2, 0.25) is 0 Å². The van der Waals surface area contributed by atoms with Gasteiger partial charge in [-0.1, -0.05) is 68.0 Å². The van der Waals surface area contributed by atoms with E-state index in [0.29, 0.717) is 6.71 Å². The van der Waals surface area contributed by atoms with Crippen LogP contribution in [-0.2, 0) is 0 Å². The molecule has 0 aromatic heterocycles. The SMILES string of the molecule is CCB(CC)/C(=C/c1ccccc1)[Si](Cl)(Cl)Cl. The summed E-state index contributed by atoms with van der Waals surface area (Å²) in [7, 11) is 0. The van der Waals surface area contributed by atoms with Crippen molar-refractivity contribution < 1.29 is 0 Å². The minimum Gasteiger partial charge on any atom is -0.122 e. The summed E-state index contributed by atoms with van der Waals surface area (Å²) in [4.78, 5) is 0. The predicted octanol–water partition coefficient (Wildman–Crippen LogP) is 5.34. The second kappa shape index (κ2) is 6.89. The molecule has 0 spiro atoms. The fraction of sp³-hybridized carbons (Fsp3) is 0.333. The van der Waals surface area contributed by atoms with Crippen LogP contribution in [0.3, 0.4) is 0 Å². The lowest BCUT2D eigenvalue weighted by atomic mass is 9.45. The number of hydrogen-bond donors (Lipinski definition) is 0. The van der Waals surface area contributed by atoms with Crippen molar-refractivity contribution in [2.24, 2.45) is 0 Å². The third-order valence-electron chi connectivity index (χ3n) is 2.87. The lowest BCUT2D eigenvalue weighted by molar-refractivity contribution is 1.32. The van der Waals surface area contributed by atoms with Gasteiger partial charge in [-0.2, -0.15) is 0 Å². The highest BCUT2D eigenvalue weighted by Gasteiger charge is 2.35. The Bertz CT molecular complexity index is 369. The molecular weight excluding hydrogens is 289 g/mol. The van der Waals surface area contributed by atoms with Gasteiger partial charge >= 0.3 is 6.00 Å². The Morgan fingerprint density at radius 1 is 1.12 bits per heavy atom. The van der Waals surface area contributed by atoms with Gasteiger partial charge in [0.1, 0.15) is 0 Å². The highest BCUT2D eigenvalue weighted by atomic mass is 35.8. The Labute approximate surface area is 119 Å². The molecule has 0 fully saturated rings. The molecule has 0 saturated carbocycles. The predicted molar refractivity (Wildman–Crippen MR) is 84.4 cm³/mol. The van der Waals surface area contributed by atoms with Crippen molar-refractivity contribution in [3.8, 4) is 0 Å².